The molecule has 1 aliphatic heterocycles. The average molecular weight is 267 g/mol. The molecule has 1 aromatic rings. The van der Waals surface area contributed by atoms with Gasteiger partial charge in [0.25, 0.3) is 0 Å². The number of hydrogen-bond donors (Lipinski definition) is 1. The SMILES string of the molecule is CC(C)(C)S(=O)(=O)CCC1Cc2ccccc2N1. The Kier molecular flexibility index (Phi) is 3.41. The number of anilines is 1. The lowest BCUT2D eigenvalue weighted by Crippen LogP contribution is -2.32. The number of rotatable bonds is 3. The second-order valence-corrected chi connectivity index (χ2v) is 8.78. The summed E-state index contributed by atoms with van der Waals surface area (Å²) in [5.41, 5.74) is 2.44. The predicted octanol–water partition coefficient (Wildman–Crippen LogP) is 2.63. The van der Waals surface area contributed by atoms with Crippen molar-refractivity contribution in [2.24, 2.45) is 0 Å². The normalized spacial score (nSPS) is 19.4. The smallest absolute Gasteiger partial charge is 0.155 e. The fraction of sp³-hybridized carbons (Fsp3) is 0.571. The molecule has 0 radical (unpaired) electrons. The first-order chi connectivity index (χ1) is 8.29. The van der Waals surface area contributed by atoms with Gasteiger partial charge in [-0.3, -0.25) is 0 Å². The Labute approximate surface area is 110 Å². The summed E-state index contributed by atoms with van der Waals surface area (Å²) in [7, 11) is -3.01. The molecule has 0 bridgehead atoms. The van der Waals surface area contributed by atoms with Gasteiger partial charge in [0.15, 0.2) is 9.84 Å². The Balaban J connectivity index is 1.96. The molecule has 18 heavy (non-hydrogen) atoms. The van der Waals surface area contributed by atoms with Crippen LogP contribution in [0.15, 0.2) is 24.3 Å². The van der Waals surface area contributed by atoms with Crippen molar-refractivity contribution < 1.29 is 8.42 Å². The lowest BCUT2D eigenvalue weighted by molar-refractivity contribution is 0.553. The maximum Gasteiger partial charge on any atom is 0.155 e. The Hall–Kier alpha value is -1.03. The van der Waals surface area contributed by atoms with E-state index in [9.17, 15) is 8.42 Å². The van der Waals surface area contributed by atoms with Crippen LogP contribution in [-0.4, -0.2) is 25.0 Å². The van der Waals surface area contributed by atoms with Gasteiger partial charge >= 0.3 is 0 Å². The van der Waals surface area contributed by atoms with E-state index in [1.807, 2.05) is 18.2 Å². The van der Waals surface area contributed by atoms with Gasteiger partial charge in [-0.1, -0.05) is 18.2 Å². The molecule has 1 aliphatic rings. The largest absolute Gasteiger partial charge is 0.382 e. The minimum atomic E-state index is -3.01. The van der Waals surface area contributed by atoms with E-state index in [1.54, 1.807) is 20.8 Å². The monoisotopic (exact) mass is 267 g/mol. The average Bonchev–Trinajstić information content (AvgIpc) is 2.67. The summed E-state index contributed by atoms with van der Waals surface area (Å²) >= 11 is 0. The van der Waals surface area contributed by atoms with Crippen molar-refractivity contribution >= 4 is 15.5 Å². The highest BCUT2D eigenvalue weighted by Gasteiger charge is 2.30. The molecule has 0 saturated carbocycles. The highest BCUT2D eigenvalue weighted by molar-refractivity contribution is 7.92. The zero-order valence-corrected chi connectivity index (χ0v) is 12.0. The lowest BCUT2D eigenvalue weighted by Gasteiger charge is -2.20. The van der Waals surface area contributed by atoms with Crippen molar-refractivity contribution in [3.8, 4) is 0 Å². The van der Waals surface area contributed by atoms with Crippen LogP contribution >= 0.6 is 0 Å². The highest BCUT2D eigenvalue weighted by Crippen LogP contribution is 2.27. The van der Waals surface area contributed by atoms with Crippen LogP contribution in [0.25, 0.3) is 0 Å². The van der Waals surface area contributed by atoms with Crippen LogP contribution in [0.3, 0.4) is 0 Å². The van der Waals surface area contributed by atoms with Crippen molar-refractivity contribution in [1.29, 1.82) is 0 Å². The molecule has 3 nitrogen and oxygen atoms in total. The summed E-state index contributed by atoms with van der Waals surface area (Å²) in [6.07, 6.45) is 1.60. The molecular formula is C14H21NO2S. The van der Waals surface area contributed by atoms with E-state index in [0.717, 1.165) is 12.1 Å². The number of hydrogen-bond acceptors (Lipinski definition) is 3. The van der Waals surface area contributed by atoms with Crippen LogP contribution in [0.2, 0.25) is 0 Å². The first kappa shape index (κ1) is 13.4. The van der Waals surface area contributed by atoms with Gasteiger partial charge in [0.05, 0.1) is 10.5 Å². The van der Waals surface area contributed by atoms with Gasteiger partial charge in [0.2, 0.25) is 0 Å². The Morgan fingerprint density at radius 2 is 1.94 bits per heavy atom. The van der Waals surface area contributed by atoms with Gasteiger partial charge in [-0.15, -0.1) is 0 Å². The van der Waals surface area contributed by atoms with E-state index in [-0.39, 0.29) is 11.8 Å². The number of benzene rings is 1. The Morgan fingerprint density at radius 1 is 1.28 bits per heavy atom. The standard InChI is InChI=1S/C14H21NO2S/c1-14(2,3)18(16,17)9-8-12-10-11-6-4-5-7-13(11)15-12/h4-7,12,15H,8-10H2,1-3H3. The van der Waals surface area contributed by atoms with E-state index >= 15 is 0 Å². The molecule has 1 atom stereocenters. The molecule has 0 fully saturated rings. The second kappa shape index (κ2) is 4.57. The number of sulfone groups is 1. The molecule has 2 rings (SSSR count). The summed E-state index contributed by atoms with van der Waals surface area (Å²) in [6.45, 7) is 5.29. The quantitative estimate of drug-likeness (QED) is 0.915. The van der Waals surface area contributed by atoms with Gasteiger partial charge in [0.1, 0.15) is 0 Å². The van der Waals surface area contributed by atoms with Gasteiger partial charge in [-0.05, 0) is 45.2 Å². The summed E-state index contributed by atoms with van der Waals surface area (Å²) in [4.78, 5) is 0. The summed E-state index contributed by atoms with van der Waals surface area (Å²) in [6, 6.07) is 8.42. The van der Waals surface area contributed by atoms with Gasteiger partial charge in [-0.2, -0.15) is 0 Å². The van der Waals surface area contributed by atoms with Crippen molar-refractivity contribution in [3.63, 3.8) is 0 Å². The number of nitrogens with one attached hydrogen (secondary N) is 1. The lowest BCUT2D eigenvalue weighted by atomic mass is 10.1. The van der Waals surface area contributed by atoms with Gasteiger partial charge < -0.3 is 5.32 Å². The minimum absolute atomic E-state index is 0.250. The molecular weight excluding hydrogens is 246 g/mol. The first-order valence-electron chi connectivity index (χ1n) is 6.36. The molecule has 4 heteroatoms. The Bertz CT molecular complexity index is 504. The number of para-hydroxylation sites is 1. The van der Waals surface area contributed by atoms with Crippen molar-refractivity contribution in [2.75, 3.05) is 11.1 Å². The van der Waals surface area contributed by atoms with Gasteiger partial charge in [-0.25, -0.2) is 8.42 Å². The summed E-state index contributed by atoms with van der Waals surface area (Å²) < 4.78 is 23.5. The Morgan fingerprint density at radius 3 is 2.56 bits per heavy atom. The molecule has 1 N–H and O–H groups in total. The molecule has 1 aromatic carbocycles. The molecule has 0 amide bonds. The predicted molar refractivity (Wildman–Crippen MR) is 75.7 cm³/mol. The minimum Gasteiger partial charge on any atom is -0.382 e. The van der Waals surface area contributed by atoms with Crippen LogP contribution in [0.4, 0.5) is 5.69 Å². The first-order valence-corrected chi connectivity index (χ1v) is 8.01. The van der Waals surface area contributed by atoms with E-state index in [2.05, 4.69) is 11.4 Å². The van der Waals surface area contributed by atoms with Crippen LogP contribution < -0.4 is 5.32 Å². The van der Waals surface area contributed by atoms with E-state index in [4.69, 9.17) is 0 Å². The van der Waals surface area contributed by atoms with Crippen LogP contribution in [-0.2, 0) is 16.3 Å². The molecule has 0 saturated heterocycles. The van der Waals surface area contributed by atoms with E-state index in [1.165, 1.54) is 5.56 Å². The van der Waals surface area contributed by atoms with Crippen molar-refractivity contribution in [3.05, 3.63) is 29.8 Å². The third-order valence-corrected chi connectivity index (χ3v) is 6.15. The van der Waals surface area contributed by atoms with E-state index in [0.29, 0.717) is 6.42 Å². The maximum atomic E-state index is 12.1. The summed E-state index contributed by atoms with van der Waals surface area (Å²) in [5, 5.41) is 3.39. The molecule has 1 unspecified atom stereocenters. The second-order valence-electron chi connectivity index (χ2n) is 5.92. The van der Waals surface area contributed by atoms with Crippen LogP contribution in [0.1, 0.15) is 32.8 Å². The number of fused-ring (bicyclic) bond motifs is 1. The fourth-order valence-corrected chi connectivity index (χ4v) is 3.36. The molecule has 1 heterocycles. The third kappa shape index (κ3) is 2.69. The van der Waals surface area contributed by atoms with Gasteiger partial charge in [0, 0.05) is 11.7 Å². The topological polar surface area (TPSA) is 46.2 Å². The van der Waals surface area contributed by atoms with Crippen molar-refractivity contribution in [2.45, 2.75) is 44.4 Å². The third-order valence-electron chi connectivity index (χ3n) is 3.51. The van der Waals surface area contributed by atoms with Crippen molar-refractivity contribution in [1.82, 2.24) is 0 Å². The highest BCUT2D eigenvalue weighted by atomic mass is 32.2. The molecule has 0 aromatic heterocycles. The fourth-order valence-electron chi connectivity index (χ4n) is 2.15. The zero-order valence-electron chi connectivity index (χ0n) is 11.2. The van der Waals surface area contributed by atoms with Crippen LogP contribution in [0.5, 0.6) is 0 Å². The molecule has 0 spiro atoms. The van der Waals surface area contributed by atoms with Crippen LogP contribution in [0, 0.1) is 0 Å². The summed E-state index contributed by atoms with van der Waals surface area (Å²) in [5.74, 6) is 0.252. The van der Waals surface area contributed by atoms with E-state index < -0.39 is 14.6 Å². The molecule has 100 valence electrons. The molecule has 0 aliphatic carbocycles. The maximum absolute atomic E-state index is 12.1. The zero-order chi connectivity index (χ0) is 13.4.